The topological polar surface area (TPSA) is 53.4 Å². The van der Waals surface area contributed by atoms with Gasteiger partial charge in [0.15, 0.2) is 0 Å². The molecule has 0 atom stereocenters. The number of aromatic nitrogens is 1. The monoisotopic (exact) mass is 332 g/mol. The van der Waals surface area contributed by atoms with Gasteiger partial charge in [-0.2, -0.15) is 0 Å². The number of carboxylic acid groups (broad SMARTS) is 1. The lowest BCUT2D eigenvalue weighted by Crippen LogP contribution is -2.28. The second-order valence-corrected chi connectivity index (χ2v) is 6.08. The summed E-state index contributed by atoms with van der Waals surface area (Å²) in [5.41, 5.74) is 5.87. The minimum Gasteiger partial charge on any atom is -0.465 e. The quantitative estimate of drug-likeness (QED) is 0.727. The molecule has 0 spiro atoms. The van der Waals surface area contributed by atoms with E-state index in [1.54, 1.807) is 12.4 Å². The van der Waals surface area contributed by atoms with Gasteiger partial charge in [-0.25, -0.2) is 4.79 Å². The zero-order chi connectivity index (χ0) is 17.8. The maximum Gasteiger partial charge on any atom is 0.412 e. The molecule has 126 valence electrons. The number of amides is 1. The summed E-state index contributed by atoms with van der Waals surface area (Å²) in [7, 11) is 0. The molecule has 0 aliphatic heterocycles. The number of pyridine rings is 1. The van der Waals surface area contributed by atoms with Gasteiger partial charge >= 0.3 is 6.09 Å². The zero-order valence-corrected chi connectivity index (χ0v) is 14.3. The lowest BCUT2D eigenvalue weighted by atomic mass is 10.0. The van der Waals surface area contributed by atoms with E-state index in [9.17, 15) is 9.90 Å². The molecule has 2 aromatic carbocycles. The molecule has 1 amide bonds. The standard InChI is InChI=1S/C21H20N2O2/c1-15-8-9-20(11-16(15)2)23(21(24)25)14-17-5-3-6-18(12-17)19-7-4-10-22-13-19/h3-13H,14H2,1-2H3,(H,24,25). The molecule has 0 bridgehead atoms. The van der Waals surface area contributed by atoms with Crippen LogP contribution in [0.5, 0.6) is 0 Å². The summed E-state index contributed by atoms with van der Waals surface area (Å²) in [6.45, 7) is 4.30. The highest BCUT2D eigenvalue weighted by Gasteiger charge is 2.16. The smallest absolute Gasteiger partial charge is 0.412 e. The second-order valence-electron chi connectivity index (χ2n) is 6.08. The van der Waals surface area contributed by atoms with E-state index in [0.29, 0.717) is 12.2 Å². The van der Waals surface area contributed by atoms with E-state index in [4.69, 9.17) is 0 Å². The van der Waals surface area contributed by atoms with E-state index in [2.05, 4.69) is 4.98 Å². The zero-order valence-electron chi connectivity index (χ0n) is 14.3. The average Bonchev–Trinajstić information content (AvgIpc) is 2.63. The minimum absolute atomic E-state index is 0.298. The lowest BCUT2D eigenvalue weighted by Gasteiger charge is -2.21. The molecular formula is C21H20N2O2. The van der Waals surface area contributed by atoms with Crippen LogP contribution in [0.1, 0.15) is 16.7 Å². The average molecular weight is 332 g/mol. The fourth-order valence-electron chi connectivity index (χ4n) is 2.73. The van der Waals surface area contributed by atoms with Gasteiger partial charge in [0.1, 0.15) is 0 Å². The van der Waals surface area contributed by atoms with Gasteiger partial charge in [-0.15, -0.1) is 0 Å². The molecular weight excluding hydrogens is 312 g/mol. The Labute approximate surface area is 147 Å². The van der Waals surface area contributed by atoms with Crippen LogP contribution in [0, 0.1) is 13.8 Å². The largest absolute Gasteiger partial charge is 0.465 e. The Kier molecular flexibility index (Phi) is 4.80. The molecule has 1 N–H and O–H groups in total. The summed E-state index contributed by atoms with van der Waals surface area (Å²) in [6.07, 6.45) is 2.58. The SMILES string of the molecule is Cc1ccc(N(Cc2cccc(-c3cccnc3)c2)C(=O)O)cc1C. The van der Waals surface area contributed by atoms with E-state index in [1.165, 1.54) is 4.90 Å². The van der Waals surface area contributed by atoms with E-state index >= 15 is 0 Å². The van der Waals surface area contributed by atoms with Crippen molar-refractivity contribution in [2.24, 2.45) is 0 Å². The van der Waals surface area contributed by atoms with Crippen molar-refractivity contribution in [2.45, 2.75) is 20.4 Å². The number of aryl methyl sites for hydroxylation is 2. The van der Waals surface area contributed by atoms with Crippen LogP contribution in [0.2, 0.25) is 0 Å². The van der Waals surface area contributed by atoms with Crippen molar-refractivity contribution in [3.05, 3.63) is 83.7 Å². The third kappa shape index (κ3) is 3.86. The van der Waals surface area contributed by atoms with Crippen LogP contribution in [0.3, 0.4) is 0 Å². The Hall–Kier alpha value is -3.14. The number of rotatable bonds is 4. The number of hydrogen-bond acceptors (Lipinski definition) is 2. The summed E-state index contributed by atoms with van der Waals surface area (Å²) in [5.74, 6) is 0. The molecule has 25 heavy (non-hydrogen) atoms. The number of benzene rings is 2. The first kappa shape index (κ1) is 16.7. The molecule has 3 rings (SSSR count). The predicted molar refractivity (Wildman–Crippen MR) is 99.8 cm³/mol. The van der Waals surface area contributed by atoms with Gasteiger partial charge in [0.25, 0.3) is 0 Å². The first-order chi connectivity index (χ1) is 12.0. The first-order valence-electron chi connectivity index (χ1n) is 8.11. The van der Waals surface area contributed by atoms with Crippen molar-refractivity contribution < 1.29 is 9.90 Å². The van der Waals surface area contributed by atoms with Crippen molar-refractivity contribution in [1.82, 2.24) is 4.98 Å². The van der Waals surface area contributed by atoms with Gasteiger partial charge in [0, 0.05) is 18.1 Å². The first-order valence-corrected chi connectivity index (χ1v) is 8.11. The molecule has 0 unspecified atom stereocenters. The minimum atomic E-state index is -0.963. The van der Waals surface area contributed by atoms with Crippen LogP contribution in [0.25, 0.3) is 11.1 Å². The molecule has 0 aliphatic carbocycles. The number of nitrogens with zero attached hydrogens (tertiary/aromatic N) is 2. The summed E-state index contributed by atoms with van der Waals surface area (Å²) < 4.78 is 0. The van der Waals surface area contributed by atoms with E-state index in [-0.39, 0.29) is 0 Å². The highest BCUT2D eigenvalue weighted by atomic mass is 16.4. The third-order valence-electron chi connectivity index (χ3n) is 4.30. The maximum atomic E-state index is 11.8. The van der Waals surface area contributed by atoms with Gasteiger partial charge in [-0.05, 0) is 65.9 Å². The van der Waals surface area contributed by atoms with Crippen LogP contribution in [0.4, 0.5) is 10.5 Å². The molecule has 4 nitrogen and oxygen atoms in total. The van der Waals surface area contributed by atoms with Crippen molar-refractivity contribution in [3.63, 3.8) is 0 Å². The Bertz CT molecular complexity index is 891. The fraction of sp³-hybridized carbons (Fsp3) is 0.143. The maximum absolute atomic E-state index is 11.8. The van der Waals surface area contributed by atoms with Gasteiger partial charge in [-0.3, -0.25) is 9.88 Å². The van der Waals surface area contributed by atoms with Gasteiger partial charge < -0.3 is 5.11 Å². The summed E-state index contributed by atoms with van der Waals surface area (Å²) in [4.78, 5) is 17.3. The highest BCUT2D eigenvalue weighted by molar-refractivity contribution is 5.86. The van der Waals surface area contributed by atoms with Gasteiger partial charge in [0.2, 0.25) is 0 Å². The molecule has 1 aromatic heterocycles. The molecule has 3 aromatic rings. The van der Waals surface area contributed by atoms with Crippen LogP contribution in [-0.2, 0) is 6.54 Å². The number of anilines is 1. The van der Waals surface area contributed by atoms with Crippen LogP contribution >= 0.6 is 0 Å². The summed E-state index contributed by atoms with van der Waals surface area (Å²) in [6, 6.07) is 17.5. The molecule has 0 fully saturated rings. The van der Waals surface area contributed by atoms with E-state index in [1.807, 2.05) is 68.4 Å². The summed E-state index contributed by atoms with van der Waals surface area (Å²) >= 11 is 0. The molecule has 0 saturated heterocycles. The lowest BCUT2D eigenvalue weighted by molar-refractivity contribution is 0.201. The third-order valence-corrected chi connectivity index (χ3v) is 4.30. The van der Waals surface area contributed by atoms with E-state index in [0.717, 1.165) is 27.8 Å². The van der Waals surface area contributed by atoms with Gasteiger partial charge in [-0.1, -0.05) is 30.3 Å². The Balaban J connectivity index is 1.90. The molecule has 0 saturated carbocycles. The van der Waals surface area contributed by atoms with Crippen molar-refractivity contribution in [1.29, 1.82) is 0 Å². The van der Waals surface area contributed by atoms with Crippen molar-refractivity contribution in [3.8, 4) is 11.1 Å². The second kappa shape index (κ2) is 7.18. The highest BCUT2D eigenvalue weighted by Crippen LogP contribution is 2.24. The predicted octanol–water partition coefficient (Wildman–Crippen LogP) is 5.05. The normalized spacial score (nSPS) is 10.5. The number of carbonyl (C=O) groups is 1. The Morgan fingerprint density at radius 2 is 1.80 bits per heavy atom. The fourth-order valence-corrected chi connectivity index (χ4v) is 2.73. The number of hydrogen-bond donors (Lipinski definition) is 1. The van der Waals surface area contributed by atoms with Gasteiger partial charge in [0.05, 0.1) is 6.54 Å². The Morgan fingerprint density at radius 1 is 1.00 bits per heavy atom. The van der Waals surface area contributed by atoms with Crippen molar-refractivity contribution >= 4 is 11.8 Å². The van der Waals surface area contributed by atoms with Crippen molar-refractivity contribution in [2.75, 3.05) is 4.90 Å². The van der Waals surface area contributed by atoms with Crippen LogP contribution in [0.15, 0.2) is 67.0 Å². The van der Waals surface area contributed by atoms with Crippen LogP contribution < -0.4 is 4.90 Å². The molecule has 0 aliphatic rings. The molecule has 1 heterocycles. The summed E-state index contributed by atoms with van der Waals surface area (Å²) in [5, 5.41) is 9.65. The molecule has 0 radical (unpaired) electrons. The van der Waals surface area contributed by atoms with E-state index < -0.39 is 6.09 Å². The molecule has 4 heteroatoms. The Morgan fingerprint density at radius 3 is 2.48 bits per heavy atom. The van der Waals surface area contributed by atoms with Crippen LogP contribution in [-0.4, -0.2) is 16.2 Å².